The highest BCUT2D eigenvalue weighted by molar-refractivity contribution is 7.07. The van der Waals surface area contributed by atoms with Crippen LogP contribution in [0.3, 0.4) is 0 Å². The molecule has 3 heterocycles. The summed E-state index contributed by atoms with van der Waals surface area (Å²) in [4.78, 5) is 25.1. The molecule has 0 atom stereocenters. The zero-order valence-electron chi connectivity index (χ0n) is 24.4. The smallest absolute Gasteiger partial charge is 0.352 e. The number of fused-ring (bicyclic) bond motifs is 2. The number of nitrogens with one attached hydrogen (secondary N) is 1. The second-order valence-electron chi connectivity index (χ2n) is 11.2. The van der Waals surface area contributed by atoms with Crippen LogP contribution in [0, 0.1) is 0 Å². The van der Waals surface area contributed by atoms with Crippen molar-refractivity contribution >= 4 is 44.7 Å². The fourth-order valence-electron chi connectivity index (χ4n) is 6.36. The molecule has 7 rings (SSSR count). The van der Waals surface area contributed by atoms with Crippen molar-refractivity contribution in [3.8, 4) is 16.9 Å². The molecule has 44 heavy (non-hydrogen) atoms. The minimum atomic E-state index is -0.943. The summed E-state index contributed by atoms with van der Waals surface area (Å²) in [6.07, 6.45) is 1.29. The molecular weight excluding hydrogens is 568 g/mol. The Labute approximate surface area is 260 Å². The van der Waals surface area contributed by atoms with Gasteiger partial charge < -0.3 is 19.7 Å². The number of aromatic amines is 1. The Kier molecular flexibility index (Phi) is 8.01. The summed E-state index contributed by atoms with van der Waals surface area (Å²) >= 11 is 1.64. The number of carbonyl (C=O) groups is 1. The van der Waals surface area contributed by atoms with Gasteiger partial charge in [-0.2, -0.15) is 0 Å². The lowest BCUT2D eigenvalue weighted by Crippen LogP contribution is -2.46. The number of carboxylic acid groups (broad SMARTS) is 1. The molecule has 2 aromatic heterocycles. The molecule has 0 spiro atoms. The highest BCUT2D eigenvalue weighted by Crippen LogP contribution is 2.38. The molecule has 0 unspecified atom stereocenters. The lowest BCUT2D eigenvalue weighted by molar-refractivity contribution is 0.0690. The molecular formula is C36H34N4O3S. The Hall–Kier alpha value is -4.66. The van der Waals surface area contributed by atoms with Crippen molar-refractivity contribution in [2.75, 3.05) is 37.7 Å². The van der Waals surface area contributed by atoms with E-state index >= 15 is 0 Å². The van der Waals surface area contributed by atoms with Crippen molar-refractivity contribution in [2.45, 2.75) is 19.4 Å². The van der Waals surface area contributed by atoms with Gasteiger partial charge in [-0.25, -0.2) is 9.78 Å². The van der Waals surface area contributed by atoms with Crippen LogP contribution in [0.1, 0.15) is 28.2 Å². The third-order valence-electron chi connectivity index (χ3n) is 8.51. The van der Waals surface area contributed by atoms with Crippen molar-refractivity contribution in [1.29, 1.82) is 0 Å². The monoisotopic (exact) mass is 602 g/mol. The number of benzene rings is 4. The number of H-pyrrole nitrogens is 1. The molecule has 1 saturated heterocycles. The zero-order chi connectivity index (χ0) is 29.9. The van der Waals surface area contributed by atoms with Crippen molar-refractivity contribution in [1.82, 2.24) is 14.9 Å². The molecule has 0 aliphatic carbocycles. The normalized spacial score (nSPS) is 14.0. The molecule has 0 radical (unpaired) electrons. The van der Waals surface area contributed by atoms with Gasteiger partial charge in [0.2, 0.25) is 0 Å². The second kappa shape index (κ2) is 12.5. The van der Waals surface area contributed by atoms with Gasteiger partial charge in [0.1, 0.15) is 11.4 Å². The van der Waals surface area contributed by atoms with Crippen LogP contribution >= 0.6 is 11.3 Å². The van der Waals surface area contributed by atoms with Crippen LogP contribution in [0.15, 0.2) is 95.8 Å². The van der Waals surface area contributed by atoms with E-state index < -0.39 is 5.97 Å². The summed E-state index contributed by atoms with van der Waals surface area (Å²) in [6, 6.07) is 28.9. The first-order valence-corrected chi connectivity index (χ1v) is 16.0. The maximum Gasteiger partial charge on any atom is 0.352 e. The fraction of sp³-hybridized carbons (Fsp3) is 0.222. The fourth-order valence-corrected chi connectivity index (χ4v) is 6.91. The van der Waals surface area contributed by atoms with Gasteiger partial charge in [0.05, 0.1) is 23.3 Å². The SMILES string of the molecule is O=C(O)c1[nH]c2c(-c3ccccc3N3CCN(Cc4cscn4)CC3)cccc2c1CCCOc1cccc2ccccc12. The van der Waals surface area contributed by atoms with Crippen LogP contribution in [0.5, 0.6) is 5.75 Å². The highest BCUT2D eigenvalue weighted by atomic mass is 32.1. The van der Waals surface area contributed by atoms with Gasteiger partial charge in [-0.05, 0) is 35.9 Å². The Morgan fingerprint density at radius 2 is 1.64 bits per heavy atom. The molecule has 4 aromatic carbocycles. The van der Waals surface area contributed by atoms with Gasteiger partial charge >= 0.3 is 5.97 Å². The average Bonchev–Trinajstić information content (AvgIpc) is 3.71. The Morgan fingerprint density at radius 3 is 2.48 bits per heavy atom. The number of piperazine rings is 1. The van der Waals surface area contributed by atoms with Gasteiger partial charge in [0.25, 0.3) is 0 Å². The maximum absolute atomic E-state index is 12.4. The summed E-state index contributed by atoms with van der Waals surface area (Å²) in [5.41, 5.74) is 8.26. The molecule has 1 aliphatic heterocycles. The number of nitrogens with zero attached hydrogens (tertiary/aromatic N) is 3. The number of carboxylic acids is 1. The molecule has 0 bridgehead atoms. The molecule has 2 N–H and O–H groups in total. The quantitative estimate of drug-likeness (QED) is 0.158. The predicted octanol–water partition coefficient (Wildman–Crippen LogP) is 7.48. The largest absolute Gasteiger partial charge is 0.493 e. The predicted molar refractivity (Wildman–Crippen MR) is 178 cm³/mol. The first kappa shape index (κ1) is 28.1. The Bertz CT molecular complexity index is 1900. The molecule has 1 fully saturated rings. The molecule has 6 aromatic rings. The van der Waals surface area contributed by atoms with Crippen molar-refractivity contribution in [2.24, 2.45) is 0 Å². The van der Waals surface area contributed by atoms with E-state index in [0.29, 0.717) is 19.4 Å². The first-order chi connectivity index (χ1) is 21.7. The van der Waals surface area contributed by atoms with E-state index in [2.05, 4.69) is 73.7 Å². The van der Waals surface area contributed by atoms with Crippen molar-refractivity contribution < 1.29 is 14.6 Å². The summed E-state index contributed by atoms with van der Waals surface area (Å²) in [5, 5.41) is 15.5. The molecule has 222 valence electrons. The van der Waals surface area contributed by atoms with Crippen LogP contribution in [-0.2, 0) is 13.0 Å². The van der Waals surface area contributed by atoms with E-state index in [0.717, 1.165) is 82.5 Å². The second-order valence-corrected chi connectivity index (χ2v) is 11.9. The van der Waals surface area contributed by atoms with Crippen LogP contribution in [0.25, 0.3) is 32.8 Å². The highest BCUT2D eigenvalue weighted by Gasteiger charge is 2.23. The maximum atomic E-state index is 12.4. The number of ether oxygens (including phenoxy) is 1. The number of rotatable bonds is 10. The lowest BCUT2D eigenvalue weighted by Gasteiger charge is -2.36. The number of hydrogen-bond donors (Lipinski definition) is 2. The summed E-state index contributed by atoms with van der Waals surface area (Å²) < 4.78 is 6.17. The summed E-state index contributed by atoms with van der Waals surface area (Å²) in [7, 11) is 0. The van der Waals surface area contributed by atoms with Gasteiger partial charge in [-0.1, -0.05) is 72.8 Å². The third-order valence-corrected chi connectivity index (χ3v) is 9.15. The number of hydrogen-bond acceptors (Lipinski definition) is 6. The summed E-state index contributed by atoms with van der Waals surface area (Å²) in [5.74, 6) is -0.0926. The first-order valence-electron chi connectivity index (χ1n) is 15.1. The van der Waals surface area contributed by atoms with Crippen molar-refractivity contribution in [3.63, 3.8) is 0 Å². The van der Waals surface area contributed by atoms with E-state index in [1.165, 1.54) is 5.69 Å². The number of aromatic nitrogens is 2. The lowest BCUT2D eigenvalue weighted by atomic mass is 9.98. The molecule has 0 amide bonds. The minimum Gasteiger partial charge on any atom is -0.493 e. The number of para-hydroxylation sites is 2. The van der Waals surface area contributed by atoms with Gasteiger partial charge in [0.15, 0.2) is 0 Å². The van der Waals surface area contributed by atoms with E-state index in [1.807, 2.05) is 41.9 Å². The van der Waals surface area contributed by atoms with E-state index in [9.17, 15) is 9.90 Å². The molecule has 0 saturated carbocycles. The minimum absolute atomic E-state index is 0.255. The van der Waals surface area contributed by atoms with Crippen molar-refractivity contribution in [3.05, 3.63) is 113 Å². The van der Waals surface area contributed by atoms with E-state index in [4.69, 9.17) is 4.74 Å². The standard InChI is InChI=1S/C36H34N4O3S/c41-36(42)35-31(14-7-21-43-33-16-5-9-25-8-1-2-10-27(25)33)30-13-6-12-29(34(30)38-35)28-11-3-4-15-32(28)40-19-17-39(18-20-40)22-26-23-44-24-37-26/h1-6,8-13,15-16,23-24,38H,7,14,17-22H2,(H,41,42). The Morgan fingerprint density at radius 1 is 0.886 bits per heavy atom. The van der Waals surface area contributed by atoms with E-state index in [-0.39, 0.29) is 5.69 Å². The summed E-state index contributed by atoms with van der Waals surface area (Å²) in [6.45, 7) is 5.15. The molecule has 1 aliphatic rings. The number of thiazole rings is 1. The van der Waals surface area contributed by atoms with Gasteiger partial charge in [-0.15, -0.1) is 11.3 Å². The molecule has 7 nitrogen and oxygen atoms in total. The number of anilines is 1. The van der Waals surface area contributed by atoms with Gasteiger partial charge in [0, 0.05) is 65.7 Å². The third kappa shape index (κ3) is 5.66. The number of aryl methyl sites for hydroxylation is 1. The molecule has 8 heteroatoms. The van der Waals surface area contributed by atoms with Crippen LogP contribution in [-0.4, -0.2) is 58.7 Å². The van der Waals surface area contributed by atoms with Crippen LogP contribution in [0.4, 0.5) is 5.69 Å². The van der Waals surface area contributed by atoms with Gasteiger partial charge in [-0.3, -0.25) is 4.90 Å². The van der Waals surface area contributed by atoms with Crippen LogP contribution in [0.2, 0.25) is 0 Å². The Balaban J connectivity index is 1.12. The average molecular weight is 603 g/mol. The topological polar surface area (TPSA) is 81.7 Å². The zero-order valence-corrected chi connectivity index (χ0v) is 25.2. The number of aromatic carboxylic acids is 1. The van der Waals surface area contributed by atoms with E-state index in [1.54, 1.807) is 11.3 Å². The van der Waals surface area contributed by atoms with Crippen LogP contribution < -0.4 is 9.64 Å².